The number of ether oxygens (including phenoxy) is 1. The molecular formula is C12H16O2. The van der Waals surface area contributed by atoms with Gasteiger partial charge in [-0.15, -0.1) is 0 Å². The second-order valence-corrected chi connectivity index (χ2v) is 4.09. The Morgan fingerprint density at radius 3 is 2.64 bits per heavy atom. The molecule has 0 aliphatic heterocycles. The largest absolute Gasteiger partial charge is 0.496 e. The maximum Gasteiger partial charge on any atom is 0.122 e. The molecule has 1 aromatic rings. The Labute approximate surface area is 84.5 Å². The van der Waals surface area contributed by atoms with E-state index in [1.807, 2.05) is 12.1 Å². The lowest BCUT2D eigenvalue weighted by Gasteiger charge is -2.18. The van der Waals surface area contributed by atoms with Crippen LogP contribution in [0.4, 0.5) is 0 Å². The predicted octanol–water partition coefficient (Wildman–Crippen LogP) is 2.03. The number of aryl methyl sites for hydroxylation is 1. The van der Waals surface area contributed by atoms with Gasteiger partial charge < -0.3 is 9.84 Å². The van der Waals surface area contributed by atoms with Crippen molar-refractivity contribution in [1.29, 1.82) is 0 Å². The summed E-state index contributed by atoms with van der Waals surface area (Å²) in [5.74, 6) is 0.913. The van der Waals surface area contributed by atoms with Crippen LogP contribution in [0.25, 0.3) is 0 Å². The lowest BCUT2D eigenvalue weighted by molar-refractivity contribution is 0.251. The van der Waals surface area contributed by atoms with Crippen molar-refractivity contribution in [3.8, 4) is 5.75 Å². The monoisotopic (exact) mass is 192 g/mol. The minimum absolute atomic E-state index is 0.00329. The maximum atomic E-state index is 9.40. The van der Waals surface area contributed by atoms with E-state index >= 15 is 0 Å². The van der Waals surface area contributed by atoms with Crippen LogP contribution in [0.3, 0.4) is 0 Å². The third kappa shape index (κ3) is 1.30. The minimum atomic E-state index is -0.00329. The third-order valence-electron chi connectivity index (χ3n) is 3.14. The van der Waals surface area contributed by atoms with Gasteiger partial charge in [0, 0.05) is 11.0 Å². The molecule has 1 fully saturated rings. The summed E-state index contributed by atoms with van der Waals surface area (Å²) in [6.45, 7) is 2.31. The summed E-state index contributed by atoms with van der Waals surface area (Å²) in [4.78, 5) is 0. The molecule has 0 saturated heterocycles. The van der Waals surface area contributed by atoms with Crippen molar-refractivity contribution in [3.05, 3.63) is 29.3 Å². The molecule has 0 aromatic heterocycles. The molecule has 14 heavy (non-hydrogen) atoms. The van der Waals surface area contributed by atoms with Gasteiger partial charge in [-0.1, -0.05) is 12.1 Å². The summed E-state index contributed by atoms with van der Waals surface area (Å²) in [5, 5.41) is 9.40. The van der Waals surface area contributed by atoms with E-state index in [1.165, 1.54) is 11.1 Å². The number of benzene rings is 1. The first kappa shape index (κ1) is 9.53. The summed E-state index contributed by atoms with van der Waals surface area (Å²) in [5.41, 5.74) is 2.41. The first-order chi connectivity index (χ1) is 6.73. The molecule has 1 N–H and O–H groups in total. The number of aliphatic hydroxyl groups excluding tert-OH is 1. The Balaban J connectivity index is 2.50. The fraction of sp³-hybridized carbons (Fsp3) is 0.500. The van der Waals surface area contributed by atoms with Crippen LogP contribution < -0.4 is 4.74 Å². The molecule has 0 unspecified atom stereocenters. The van der Waals surface area contributed by atoms with Gasteiger partial charge in [-0.3, -0.25) is 0 Å². The van der Waals surface area contributed by atoms with Gasteiger partial charge in [0.15, 0.2) is 0 Å². The van der Waals surface area contributed by atoms with Gasteiger partial charge in [-0.2, -0.15) is 0 Å². The molecule has 1 saturated carbocycles. The molecule has 2 nitrogen and oxygen atoms in total. The molecule has 0 bridgehead atoms. The highest BCUT2D eigenvalue weighted by molar-refractivity contribution is 5.48. The average Bonchev–Trinajstić information content (AvgIpc) is 2.98. The molecule has 0 atom stereocenters. The van der Waals surface area contributed by atoms with Gasteiger partial charge in [0.2, 0.25) is 0 Å². The topological polar surface area (TPSA) is 29.5 Å². The molecule has 76 valence electrons. The van der Waals surface area contributed by atoms with Gasteiger partial charge >= 0.3 is 0 Å². The highest BCUT2D eigenvalue weighted by atomic mass is 16.5. The van der Waals surface area contributed by atoms with Crippen LogP contribution in [-0.2, 0) is 5.41 Å². The molecule has 2 heteroatoms. The summed E-state index contributed by atoms with van der Waals surface area (Å²) in [7, 11) is 1.69. The van der Waals surface area contributed by atoms with Crippen LogP contribution in [0.1, 0.15) is 24.0 Å². The second-order valence-electron chi connectivity index (χ2n) is 4.09. The van der Waals surface area contributed by atoms with E-state index in [1.54, 1.807) is 7.11 Å². The van der Waals surface area contributed by atoms with Crippen molar-refractivity contribution < 1.29 is 9.84 Å². The minimum Gasteiger partial charge on any atom is -0.496 e. The van der Waals surface area contributed by atoms with Gasteiger partial charge in [0.05, 0.1) is 13.7 Å². The van der Waals surface area contributed by atoms with Crippen molar-refractivity contribution in [2.24, 2.45) is 0 Å². The number of hydrogen-bond acceptors (Lipinski definition) is 2. The molecule has 1 aromatic carbocycles. The van der Waals surface area contributed by atoms with E-state index < -0.39 is 0 Å². The summed E-state index contributed by atoms with van der Waals surface area (Å²) in [6, 6.07) is 6.04. The smallest absolute Gasteiger partial charge is 0.122 e. The summed E-state index contributed by atoms with van der Waals surface area (Å²) in [6.07, 6.45) is 2.15. The van der Waals surface area contributed by atoms with Crippen LogP contribution in [0, 0.1) is 6.92 Å². The zero-order chi connectivity index (χ0) is 10.2. The lowest BCUT2D eigenvalue weighted by Crippen LogP contribution is -2.14. The van der Waals surface area contributed by atoms with E-state index in [2.05, 4.69) is 13.0 Å². The molecule has 2 rings (SSSR count). The molecule has 0 heterocycles. The number of aliphatic hydroxyl groups is 1. The Morgan fingerprint density at radius 1 is 1.43 bits per heavy atom. The molecule has 1 aliphatic rings. The van der Waals surface area contributed by atoms with Crippen molar-refractivity contribution in [3.63, 3.8) is 0 Å². The Bertz CT molecular complexity index is 340. The first-order valence-electron chi connectivity index (χ1n) is 4.98. The van der Waals surface area contributed by atoms with E-state index in [-0.39, 0.29) is 12.0 Å². The van der Waals surface area contributed by atoms with Gasteiger partial charge in [-0.25, -0.2) is 0 Å². The van der Waals surface area contributed by atoms with Crippen LogP contribution in [-0.4, -0.2) is 18.8 Å². The fourth-order valence-corrected chi connectivity index (χ4v) is 2.13. The first-order valence-corrected chi connectivity index (χ1v) is 4.98. The molecule has 0 spiro atoms. The van der Waals surface area contributed by atoms with E-state index in [0.29, 0.717) is 0 Å². The van der Waals surface area contributed by atoms with Crippen molar-refractivity contribution in [2.45, 2.75) is 25.2 Å². The highest BCUT2D eigenvalue weighted by Crippen LogP contribution is 2.51. The SMILES string of the molecule is COc1cccc(C)c1C1(CO)CC1. The second kappa shape index (κ2) is 3.28. The van der Waals surface area contributed by atoms with Crippen molar-refractivity contribution >= 4 is 0 Å². The Hall–Kier alpha value is -1.02. The van der Waals surface area contributed by atoms with Gasteiger partial charge in [-0.05, 0) is 31.4 Å². The molecular weight excluding hydrogens is 176 g/mol. The standard InChI is InChI=1S/C12H16O2/c1-9-4-3-5-10(14-2)11(9)12(8-13)6-7-12/h3-5,13H,6-8H2,1-2H3. The summed E-state index contributed by atoms with van der Waals surface area (Å²) >= 11 is 0. The van der Waals surface area contributed by atoms with Crippen LogP contribution in [0.2, 0.25) is 0 Å². The Morgan fingerprint density at radius 2 is 2.14 bits per heavy atom. The van der Waals surface area contributed by atoms with Gasteiger partial charge in [0.25, 0.3) is 0 Å². The zero-order valence-electron chi connectivity index (χ0n) is 8.71. The van der Waals surface area contributed by atoms with Crippen LogP contribution >= 0.6 is 0 Å². The fourth-order valence-electron chi connectivity index (χ4n) is 2.13. The third-order valence-corrected chi connectivity index (χ3v) is 3.14. The van der Waals surface area contributed by atoms with Crippen molar-refractivity contribution in [1.82, 2.24) is 0 Å². The molecule has 1 aliphatic carbocycles. The van der Waals surface area contributed by atoms with Gasteiger partial charge in [0.1, 0.15) is 5.75 Å². The Kier molecular flexibility index (Phi) is 2.23. The zero-order valence-corrected chi connectivity index (χ0v) is 8.71. The molecule has 0 amide bonds. The van der Waals surface area contributed by atoms with E-state index in [4.69, 9.17) is 4.74 Å². The molecule has 0 radical (unpaired) electrons. The quantitative estimate of drug-likeness (QED) is 0.794. The van der Waals surface area contributed by atoms with Crippen LogP contribution in [0.15, 0.2) is 18.2 Å². The maximum absolute atomic E-state index is 9.40. The lowest BCUT2D eigenvalue weighted by atomic mass is 9.92. The van der Waals surface area contributed by atoms with E-state index in [9.17, 15) is 5.11 Å². The highest BCUT2D eigenvalue weighted by Gasteiger charge is 2.46. The number of hydrogen-bond donors (Lipinski definition) is 1. The van der Waals surface area contributed by atoms with E-state index in [0.717, 1.165) is 18.6 Å². The number of rotatable bonds is 3. The van der Waals surface area contributed by atoms with Crippen LogP contribution in [0.5, 0.6) is 5.75 Å². The van der Waals surface area contributed by atoms with Crippen molar-refractivity contribution in [2.75, 3.05) is 13.7 Å². The predicted molar refractivity (Wildman–Crippen MR) is 55.7 cm³/mol. The normalized spacial score (nSPS) is 17.9. The average molecular weight is 192 g/mol. The number of methoxy groups -OCH3 is 1. The summed E-state index contributed by atoms with van der Waals surface area (Å²) < 4.78 is 5.34.